The van der Waals surface area contributed by atoms with Crippen LogP contribution in [0.5, 0.6) is 0 Å². The van der Waals surface area contributed by atoms with Crippen LogP contribution in [0.2, 0.25) is 0 Å². The number of allylic oxidation sites excluding steroid dienone is 6. The number of rotatable bonds is 2. The van der Waals surface area contributed by atoms with Gasteiger partial charge in [0.1, 0.15) is 11.7 Å². The van der Waals surface area contributed by atoms with Crippen LogP contribution in [0.15, 0.2) is 46.6 Å². The van der Waals surface area contributed by atoms with Gasteiger partial charge in [0.15, 0.2) is 5.78 Å². The second-order valence-electron chi connectivity index (χ2n) is 10.4. The average molecular weight is 407 g/mol. The van der Waals surface area contributed by atoms with Gasteiger partial charge in [0.25, 0.3) is 0 Å². The lowest BCUT2D eigenvalue weighted by atomic mass is 9.52. The third-order valence-corrected chi connectivity index (χ3v) is 8.54. The Labute approximate surface area is 178 Å². The molecule has 0 aromatic heterocycles. The predicted molar refractivity (Wildman–Crippen MR) is 113 cm³/mol. The van der Waals surface area contributed by atoms with Crippen LogP contribution in [0.1, 0.15) is 66.2 Å². The highest BCUT2D eigenvalue weighted by Gasteiger charge is 2.65. The summed E-state index contributed by atoms with van der Waals surface area (Å²) in [5, 5.41) is 0. The fraction of sp³-hybridized carbons (Fsp3) is 0.577. The van der Waals surface area contributed by atoms with Crippen molar-refractivity contribution in [3.63, 3.8) is 0 Å². The summed E-state index contributed by atoms with van der Waals surface area (Å²) in [7, 11) is 0. The van der Waals surface area contributed by atoms with E-state index < -0.39 is 11.3 Å². The maximum atomic E-state index is 13.3. The van der Waals surface area contributed by atoms with Gasteiger partial charge in [-0.1, -0.05) is 36.3 Å². The fourth-order valence-electron chi connectivity index (χ4n) is 6.93. The summed E-state index contributed by atoms with van der Waals surface area (Å²) in [5.41, 5.74) is 3.43. The van der Waals surface area contributed by atoms with Crippen LogP contribution in [0.4, 0.5) is 0 Å². The maximum Gasteiger partial charge on any atom is 0.317 e. The number of ether oxygens (including phenoxy) is 1. The molecule has 0 amide bonds. The lowest BCUT2D eigenvalue weighted by molar-refractivity contribution is -0.149. The van der Waals surface area contributed by atoms with Gasteiger partial charge in [-0.15, -0.1) is 0 Å². The molecule has 0 heterocycles. The minimum atomic E-state index is -0.538. The van der Waals surface area contributed by atoms with Gasteiger partial charge in [-0.2, -0.15) is 0 Å². The molecule has 2 unspecified atom stereocenters. The van der Waals surface area contributed by atoms with Gasteiger partial charge in [-0.05, 0) is 69.1 Å². The summed E-state index contributed by atoms with van der Waals surface area (Å²) in [6.45, 7) is 8.12. The Bertz CT molecular complexity index is 1010. The molecule has 30 heavy (non-hydrogen) atoms. The molecule has 4 heteroatoms. The smallest absolute Gasteiger partial charge is 0.317 e. The molecule has 158 valence electrons. The number of hydrogen-bond donors (Lipinski definition) is 0. The standard InChI is InChI=1S/C26H30O4/c1-15(2)30-23(29)18-14-16-13-17(27)5-11-25(16,4)19-7-12-26-20(22(18)19)6-9-24(26,3)10-8-21(26)28/h5-6,11,14-15,18H,7-10,12-13H2,1-4H3/t18-,24+,25?,26?/m1/s1. The summed E-state index contributed by atoms with van der Waals surface area (Å²) in [6, 6.07) is 0. The fourth-order valence-corrected chi connectivity index (χ4v) is 6.93. The summed E-state index contributed by atoms with van der Waals surface area (Å²) in [5.74, 6) is -0.398. The molecule has 4 nitrogen and oxygen atoms in total. The second kappa shape index (κ2) is 6.15. The maximum absolute atomic E-state index is 13.3. The highest BCUT2D eigenvalue weighted by molar-refractivity contribution is 5.97. The van der Waals surface area contributed by atoms with Gasteiger partial charge < -0.3 is 4.74 Å². The summed E-state index contributed by atoms with van der Waals surface area (Å²) < 4.78 is 5.65. The van der Waals surface area contributed by atoms with Crippen LogP contribution in [0.25, 0.3) is 0 Å². The van der Waals surface area contributed by atoms with Crippen molar-refractivity contribution in [1.29, 1.82) is 0 Å². The van der Waals surface area contributed by atoms with Gasteiger partial charge in [0.05, 0.1) is 11.5 Å². The molecule has 0 saturated heterocycles. The lowest BCUT2D eigenvalue weighted by Crippen LogP contribution is -2.45. The van der Waals surface area contributed by atoms with Gasteiger partial charge in [0.2, 0.25) is 0 Å². The van der Waals surface area contributed by atoms with Crippen molar-refractivity contribution in [3.05, 3.63) is 46.6 Å². The van der Waals surface area contributed by atoms with E-state index in [4.69, 9.17) is 4.74 Å². The van der Waals surface area contributed by atoms with E-state index in [0.717, 1.165) is 42.4 Å². The number of ketones is 2. The van der Waals surface area contributed by atoms with E-state index in [0.29, 0.717) is 18.6 Å². The number of Topliss-reactive ketones (excluding diaryl/α,β-unsaturated/α-hetero) is 1. The van der Waals surface area contributed by atoms with E-state index in [-0.39, 0.29) is 28.7 Å². The molecule has 0 bridgehead atoms. The van der Waals surface area contributed by atoms with E-state index in [1.165, 1.54) is 5.57 Å². The Hall–Kier alpha value is -2.23. The first-order chi connectivity index (χ1) is 14.1. The van der Waals surface area contributed by atoms with Crippen LogP contribution in [0.3, 0.4) is 0 Å². The van der Waals surface area contributed by atoms with Gasteiger partial charge in [0, 0.05) is 18.3 Å². The Morgan fingerprint density at radius 2 is 1.93 bits per heavy atom. The minimum absolute atomic E-state index is 0.0479. The molecule has 1 fully saturated rings. The van der Waals surface area contributed by atoms with Crippen molar-refractivity contribution in [2.75, 3.05) is 0 Å². The highest BCUT2D eigenvalue weighted by Crippen LogP contribution is 2.69. The molecule has 0 aromatic carbocycles. The minimum Gasteiger partial charge on any atom is -0.462 e. The number of carbonyl (C=O) groups is 3. The molecule has 5 aliphatic rings. The first kappa shape index (κ1) is 19.7. The lowest BCUT2D eigenvalue weighted by Gasteiger charge is -2.50. The van der Waals surface area contributed by atoms with Crippen LogP contribution in [0, 0.1) is 22.2 Å². The van der Waals surface area contributed by atoms with E-state index in [1.807, 2.05) is 26.0 Å². The molecule has 1 spiro atoms. The first-order valence-electron chi connectivity index (χ1n) is 11.2. The van der Waals surface area contributed by atoms with Crippen molar-refractivity contribution in [2.45, 2.75) is 72.3 Å². The van der Waals surface area contributed by atoms with Crippen molar-refractivity contribution in [3.8, 4) is 0 Å². The Morgan fingerprint density at radius 3 is 2.67 bits per heavy atom. The third kappa shape index (κ3) is 2.31. The largest absolute Gasteiger partial charge is 0.462 e. The quantitative estimate of drug-likeness (QED) is 0.488. The van der Waals surface area contributed by atoms with Crippen molar-refractivity contribution in [1.82, 2.24) is 0 Å². The predicted octanol–water partition coefficient (Wildman–Crippen LogP) is 4.81. The molecule has 0 radical (unpaired) electrons. The molecule has 0 aliphatic heterocycles. The molecule has 1 saturated carbocycles. The summed E-state index contributed by atoms with van der Waals surface area (Å²) in [6.07, 6.45) is 12.1. The van der Waals surface area contributed by atoms with E-state index in [2.05, 4.69) is 19.9 Å². The number of fused-ring (bicyclic) bond motifs is 3. The molecular formula is C26H30O4. The van der Waals surface area contributed by atoms with Crippen molar-refractivity contribution in [2.24, 2.45) is 22.2 Å². The SMILES string of the molecule is CC(C)OC(=O)[C@@H]1C=C2CC(=O)C=CC2(C)C2=C1C1=CC[C@@]3(C)CCC(=O)C13CC2. The topological polar surface area (TPSA) is 60.4 Å². The summed E-state index contributed by atoms with van der Waals surface area (Å²) in [4.78, 5) is 38.7. The molecule has 4 atom stereocenters. The number of esters is 1. The van der Waals surface area contributed by atoms with Crippen LogP contribution in [-0.4, -0.2) is 23.6 Å². The molecule has 5 aliphatic carbocycles. The van der Waals surface area contributed by atoms with E-state index >= 15 is 0 Å². The highest BCUT2D eigenvalue weighted by atomic mass is 16.5. The monoisotopic (exact) mass is 406 g/mol. The molecule has 0 N–H and O–H groups in total. The Balaban J connectivity index is 1.71. The molecule has 0 aromatic rings. The number of hydrogen-bond acceptors (Lipinski definition) is 4. The van der Waals surface area contributed by atoms with Gasteiger partial charge in [-0.3, -0.25) is 14.4 Å². The first-order valence-corrected chi connectivity index (χ1v) is 11.2. The van der Waals surface area contributed by atoms with Gasteiger partial charge in [-0.25, -0.2) is 0 Å². The van der Waals surface area contributed by atoms with Crippen molar-refractivity contribution >= 4 is 17.5 Å². The zero-order valence-electron chi connectivity index (χ0n) is 18.3. The van der Waals surface area contributed by atoms with Crippen LogP contribution in [-0.2, 0) is 19.1 Å². The third-order valence-electron chi connectivity index (χ3n) is 8.54. The number of carbonyl (C=O) groups excluding carboxylic acids is 3. The summed E-state index contributed by atoms with van der Waals surface area (Å²) >= 11 is 0. The van der Waals surface area contributed by atoms with Crippen LogP contribution < -0.4 is 0 Å². The Morgan fingerprint density at radius 1 is 1.17 bits per heavy atom. The van der Waals surface area contributed by atoms with Crippen LogP contribution >= 0.6 is 0 Å². The Kier molecular flexibility index (Phi) is 4.04. The van der Waals surface area contributed by atoms with Crippen molar-refractivity contribution < 1.29 is 19.1 Å². The van der Waals surface area contributed by atoms with E-state index in [1.54, 1.807) is 6.08 Å². The normalized spacial score (nSPS) is 39.3. The molecular weight excluding hydrogens is 376 g/mol. The molecule has 5 rings (SSSR count). The zero-order valence-corrected chi connectivity index (χ0v) is 18.3. The van der Waals surface area contributed by atoms with Gasteiger partial charge >= 0.3 is 5.97 Å². The zero-order chi connectivity index (χ0) is 21.5. The van der Waals surface area contributed by atoms with E-state index in [9.17, 15) is 14.4 Å². The average Bonchev–Trinajstić information content (AvgIpc) is 3.11. The second-order valence-corrected chi connectivity index (χ2v) is 10.4.